The van der Waals surface area contributed by atoms with Gasteiger partial charge < -0.3 is 15.0 Å². The molecule has 0 spiro atoms. The number of rotatable bonds is 6. The molecule has 1 N–H and O–H groups in total. The minimum Gasteiger partial charge on any atom is -0.492 e. The van der Waals surface area contributed by atoms with Gasteiger partial charge in [0.2, 0.25) is 0 Å². The van der Waals surface area contributed by atoms with Crippen molar-refractivity contribution in [2.24, 2.45) is 0 Å². The minimum atomic E-state index is -0.914. The average molecular weight is 334 g/mol. The molecule has 0 amide bonds. The molecule has 2 aromatic rings. The smallest absolute Gasteiger partial charge is 0.162 e. The monoisotopic (exact) mass is 334 g/mol. The quantitative estimate of drug-likeness (QED) is 0.822. The Balaban J connectivity index is 1.48. The van der Waals surface area contributed by atoms with E-state index in [0.717, 1.165) is 36.9 Å². The van der Waals surface area contributed by atoms with E-state index in [2.05, 4.69) is 20.2 Å². The molecule has 1 aliphatic heterocycles. The number of aromatic nitrogens is 2. The van der Waals surface area contributed by atoms with Crippen molar-refractivity contribution >= 4 is 11.6 Å². The molecule has 2 heterocycles. The lowest BCUT2D eigenvalue weighted by Gasteiger charge is -2.27. The Labute approximate surface area is 139 Å². The van der Waals surface area contributed by atoms with Crippen molar-refractivity contribution in [1.82, 2.24) is 9.97 Å². The lowest BCUT2D eigenvalue weighted by molar-refractivity contribution is 0.329. The summed E-state index contributed by atoms with van der Waals surface area (Å²) in [5.41, 5.74) is 0. The highest BCUT2D eigenvalue weighted by Crippen LogP contribution is 2.19. The van der Waals surface area contributed by atoms with E-state index in [9.17, 15) is 8.78 Å². The first-order valence-electron chi connectivity index (χ1n) is 8.11. The lowest BCUT2D eigenvalue weighted by Crippen LogP contribution is -2.30. The van der Waals surface area contributed by atoms with Gasteiger partial charge in [-0.1, -0.05) is 0 Å². The molecule has 1 fully saturated rings. The van der Waals surface area contributed by atoms with Gasteiger partial charge in [0.25, 0.3) is 0 Å². The largest absolute Gasteiger partial charge is 0.492 e. The van der Waals surface area contributed by atoms with Crippen LogP contribution in [0.3, 0.4) is 0 Å². The van der Waals surface area contributed by atoms with Gasteiger partial charge in [-0.2, -0.15) is 0 Å². The number of benzene rings is 1. The van der Waals surface area contributed by atoms with E-state index in [0.29, 0.717) is 18.9 Å². The molecule has 5 nitrogen and oxygen atoms in total. The van der Waals surface area contributed by atoms with Crippen LogP contribution in [0.1, 0.15) is 19.3 Å². The summed E-state index contributed by atoms with van der Waals surface area (Å²) >= 11 is 0. The van der Waals surface area contributed by atoms with Crippen LogP contribution < -0.4 is 15.0 Å². The Kier molecular flexibility index (Phi) is 5.40. The molecule has 0 bridgehead atoms. The summed E-state index contributed by atoms with van der Waals surface area (Å²) in [6.07, 6.45) is 5.19. The van der Waals surface area contributed by atoms with E-state index in [4.69, 9.17) is 4.74 Å². The molecule has 0 radical (unpaired) electrons. The van der Waals surface area contributed by atoms with Crippen LogP contribution in [0.5, 0.6) is 5.75 Å². The highest BCUT2D eigenvalue weighted by molar-refractivity contribution is 5.48. The van der Waals surface area contributed by atoms with Gasteiger partial charge in [0, 0.05) is 25.2 Å². The molecule has 24 heavy (non-hydrogen) atoms. The van der Waals surface area contributed by atoms with E-state index < -0.39 is 11.6 Å². The molecule has 1 aliphatic rings. The van der Waals surface area contributed by atoms with Crippen molar-refractivity contribution in [3.8, 4) is 5.75 Å². The van der Waals surface area contributed by atoms with Crippen LogP contribution in [0.2, 0.25) is 0 Å². The fourth-order valence-corrected chi connectivity index (χ4v) is 2.65. The molecule has 3 rings (SSSR count). The first-order chi connectivity index (χ1) is 11.7. The topological polar surface area (TPSA) is 50.3 Å². The van der Waals surface area contributed by atoms with Gasteiger partial charge in [0.1, 0.15) is 30.3 Å². The van der Waals surface area contributed by atoms with Gasteiger partial charge in [0.05, 0.1) is 6.54 Å². The second-order valence-electron chi connectivity index (χ2n) is 5.66. The molecule has 1 aromatic carbocycles. The summed E-state index contributed by atoms with van der Waals surface area (Å²) in [6, 6.07) is 5.41. The molecule has 1 aromatic heterocycles. The number of nitrogens with zero attached hydrogens (tertiary/aromatic N) is 3. The Morgan fingerprint density at radius 2 is 1.88 bits per heavy atom. The molecule has 7 heteroatoms. The summed E-state index contributed by atoms with van der Waals surface area (Å²) in [6.45, 7) is 2.86. The van der Waals surface area contributed by atoms with Crippen molar-refractivity contribution in [1.29, 1.82) is 0 Å². The molecule has 1 saturated heterocycles. The molecule has 0 atom stereocenters. The average Bonchev–Trinajstić information content (AvgIpc) is 2.63. The molecule has 0 unspecified atom stereocenters. The van der Waals surface area contributed by atoms with Gasteiger partial charge in [-0.3, -0.25) is 0 Å². The number of hydrogen-bond donors (Lipinski definition) is 1. The fourth-order valence-electron chi connectivity index (χ4n) is 2.65. The van der Waals surface area contributed by atoms with Crippen molar-refractivity contribution in [2.75, 3.05) is 36.5 Å². The molecule has 0 aliphatic carbocycles. The van der Waals surface area contributed by atoms with Crippen molar-refractivity contribution in [3.63, 3.8) is 0 Å². The van der Waals surface area contributed by atoms with Crippen LogP contribution in [0.25, 0.3) is 0 Å². The number of anilines is 2. The predicted octanol–water partition coefficient (Wildman–Crippen LogP) is 3.24. The zero-order chi connectivity index (χ0) is 16.8. The SMILES string of the molecule is Fc1ccc(OCCNc2cc(N3CCCCC3)ncn2)cc1F. The van der Waals surface area contributed by atoms with E-state index >= 15 is 0 Å². The Hall–Kier alpha value is -2.44. The van der Waals surface area contributed by atoms with Crippen molar-refractivity contribution in [2.45, 2.75) is 19.3 Å². The highest BCUT2D eigenvalue weighted by Gasteiger charge is 2.12. The van der Waals surface area contributed by atoms with Crippen molar-refractivity contribution < 1.29 is 13.5 Å². The second-order valence-corrected chi connectivity index (χ2v) is 5.66. The number of nitrogens with one attached hydrogen (secondary N) is 1. The van der Waals surface area contributed by atoms with Crippen molar-refractivity contribution in [3.05, 3.63) is 42.2 Å². The summed E-state index contributed by atoms with van der Waals surface area (Å²) in [5.74, 6) is 0.148. The third-order valence-electron chi connectivity index (χ3n) is 3.90. The predicted molar refractivity (Wildman–Crippen MR) is 88.4 cm³/mol. The Morgan fingerprint density at radius 1 is 1.04 bits per heavy atom. The second kappa shape index (κ2) is 7.90. The summed E-state index contributed by atoms with van der Waals surface area (Å²) in [5, 5.41) is 3.15. The summed E-state index contributed by atoms with van der Waals surface area (Å²) in [7, 11) is 0. The van der Waals surface area contributed by atoms with E-state index in [-0.39, 0.29) is 0 Å². The molecular weight excluding hydrogens is 314 g/mol. The lowest BCUT2D eigenvalue weighted by atomic mass is 10.1. The normalized spacial score (nSPS) is 14.5. The first kappa shape index (κ1) is 16.4. The van der Waals surface area contributed by atoms with Gasteiger partial charge >= 0.3 is 0 Å². The molecule has 128 valence electrons. The maximum atomic E-state index is 13.1. The Bertz CT molecular complexity index is 677. The van der Waals surface area contributed by atoms with Gasteiger partial charge in [0.15, 0.2) is 11.6 Å². The number of ether oxygens (including phenoxy) is 1. The zero-order valence-electron chi connectivity index (χ0n) is 13.3. The maximum absolute atomic E-state index is 13.1. The van der Waals surface area contributed by atoms with Gasteiger partial charge in [-0.15, -0.1) is 0 Å². The summed E-state index contributed by atoms with van der Waals surface area (Å²) in [4.78, 5) is 10.8. The van der Waals surface area contributed by atoms with Crippen LogP contribution in [-0.4, -0.2) is 36.2 Å². The third kappa shape index (κ3) is 4.31. The maximum Gasteiger partial charge on any atom is 0.162 e. The van der Waals surface area contributed by atoms with Crippen LogP contribution in [0.4, 0.5) is 20.4 Å². The number of piperidine rings is 1. The van der Waals surface area contributed by atoms with Crippen LogP contribution in [-0.2, 0) is 0 Å². The molecular formula is C17H20F2N4O. The zero-order valence-corrected chi connectivity index (χ0v) is 13.3. The highest BCUT2D eigenvalue weighted by atomic mass is 19.2. The van der Waals surface area contributed by atoms with Crippen LogP contribution in [0.15, 0.2) is 30.6 Å². The van der Waals surface area contributed by atoms with Gasteiger partial charge in [-0.05, 0) is 31.4 Å². The fraction of sp³-hybridized carbons (Fsp3) is 0.412. The van der Waals surface area contributed by atoms with Gasteiger partial charge in [-0.25, -0.2) is 18.7 Å². The van der Waals surface area contributed by atoms with E-state index in [1.165, 1.54) is 25.3 Å². The van der Waals surface area contributed by atoms with Crippen LogP contribution >= 0.6 is 0 Å². The third-order valence-corrected chi connectivity index (χ3v) is 3.90. The Morgan fingerprint density at radius 3 is 2.67 bits per heavy atom. The number of halogens is 2. The van der Waals surface area contributed by atoms with E-state index in [1.807, 2.05) is 6.07 Å². The summed E-state index contributed by atoms with van der Waals surface area (Å²) < 4.78 is 31.3. The number of hydrogen-bond acceptors (Lipinski definition) is 5. The first-order valence-corrected chi connectivity index (χ1v) is 8.11. The van der Waals surface area contributed by atoms with Crippen LogP contribution in [0, 0.1) is 11.6 Å². The standard InChI is InChI=1S/C17H20F2N4O/c18-14-5-4-13(10-15(14)19)24-9-6-20-16-11-17(22-12-21-16)23-7-2-1-3-8-23/h4-5,10-12H,1-3,6-9H2,(H,20,21,22). The minimum absolute atomic E-state index is 0.299. The van der Waals surface area contributed by atoms with E-state index in [1.54, 1.807) is 6.33 Å². The molecule has 0 saturated carbocycles.